The second-order valence-corrected chi connectivity index (χ2v) is 23.0. The number of hydrogen-bond acceptors (Lipinski definition) is 24. The highest BCUT2D eigenvalue weighted by Crippen LogP contribution is 2.36. The lowest BCUT2D eigenvalue weighted by molar-refractivity contribution is -0.132. The van der Waals surface area contributed by atoms with E-state index in [9.17, 15) is 14.7 Å². The van der Waals surface area contributed by atoms with E-state index in [1.54, 1.807) is 36.2 Å². The molecule has 0 fully saturated rings. The number of thioether (sulfide) groups is 1. The number of aliphatic carboxylic acids is 1. The van der Waals surface area contributed by atoms with Crippen molar-refractivity contribution in [3.8, 4) is 17.6 Å². The molecule has 0 bridgehead atoms. The number of hydrogen-bond donors (Lipinski definition) is 3. The summed E-state index contributed by atoms with van der Waals surface area (Å²) < 4.78 is 73.3. The van der Waals surface area contributed by atoms with E-state index in [4.69, 9.17) is 47.4 Å². The fraction of sp³-hybridized carbons (Fsp3) is 0.500. The average molecular weight is 1310 g/mol. The second-order valence-electron chi connectivity index (χ2n) is 20.9. The Balaban J connectivity index is 0.753. The van der Waals surface area contributed by atoms with Crippen molar-refractivity contribution in [3.63, 3.8) is 0 Å². The van der Waals surface area contributed by atoms with Crippen LogP contribution in [0.2, 0.25) is 0 Å². The van der Waals surface area contributed by atoms with Crippen molar-refractivity contribution < 1.29 is 66.5 Å². The third kappa shape index (κ3) is 24.6. The summed E-state index contributed by atoms with van der Waals surface area (Å²) in [6.07, 6.45) is 3.70. The molecule has 3 aromatic heterocycles. The first-order chi connectivity index (χ1) is 44.9. The zero-order valence-electron chi connectivity index (χ0n) is 53.2. The Labute approximate surface area is 545 Å². The van der Waals surface area contributed by atoms with Gasteiger partial charge in [-0.3, -0.25) is 9.89 Å². The van der Waals surface area contributed by atoms with E-state index in [0.29, 0.717) is 160 Å². The third-order valence-corrected chi connectivity index (χ3v) is 16.2. The molecule has 0 saturated heterocycles. The number of aliphatic imine (C=N–C) groups is 1. The standard InChI is InChI=1S/C64H85FN12O13S2/c1-47-53-13-10-22-76(61(53)72-71-60(47)69-63-68-55-14-7-8-15-57(55)92-63)46-91-58(59(67-3)62(78)79)16-11-24-89-56-20-17-48(40-54(56)65)12-9-21-75(5)64(80)90-45-49-18-19-51(66-2)41-50(49)42-74(4)43-52-44-77(73-70-52)23-25-82-28-29-84-32-33-86-36-37-88-39-38-87-35-34-85-31-30-83-27-26-81-6/h7-8,14-15,17-20,40-41,44,66H,3,10-11,13,16,21-39,42-43,45-46H2,1-2,4-6H3,(H,78,79)(H,68,69,71)/b59-58-. The van der Waals surface area contributed by atoms with Crippen LogP contribution in [0.15, 0.2) is 82.5 Å². The van der Waals surface area contributed by atoms with Crippen LogP contribution in [-0.2, 0) is 80.1 Å². The summed E-state index contributed by atoms with van der Waals surface area (Å²) in [5.41, 5.74) is 6.70. The molecule has 3 aromatic carbocycles. The van der Waals surface area contributed by atoms with E-state index in [1.165, 1.54) is 28.8 Å². The van der Waals surface area contributed by atoms with Crippen LogP contribution in [0.3, 0.4) is 0 Å². The van der Waals surface area contributed by atoms with Gasteiger partial charge in [-0.1, -0.05) is 46.6 Å². The van der Waals surface area contributed by atoms with E-state index < -0.39 is 17.9 Å². The van der Waals surface area contributed by atoms with Crippen LogP contribution >= 0.6 is 23.1 Å². The maximum Gasteiger partial charge on any atom is 0.410 e. The number of nitrogens with zero attached hydrogens (tertiary/aromatic N) is 10. The molecule has 92 heavy (non-hydrogen) atoms. The van der Waals surface area contributed by atoms with Crippen molar-refractivity contribution in [3.05, 3.63) is 117 Å². The average Bonchev–Trinajstić information content (AvgIpc) is 1.20. The summed E-state index contributed by atoms with van der Waals surface area (Å²) in [4.78, 5) is 40.0. The van der Waals surface area contributed by atoms with Gasteiger partial charge in [0.15, 0.2) is 34.0 Å². The number of halogens is 1. The quantitative estimate of drug-likeness (QED) is 0.0141. The lowest BCUT2D eigenvalue weighted by Crippen LogP contribution is -2.31. The Morgan fingerprint density at radius 3 is 2.17 bits per heavy atom. The van der Waals surface area contributed by atoms with Crippen LogP contribution in [0.1, 0.15) is 52.8 Å². The maximum absolute atomic E-state index is 15.4. The van der Waals surface area contributed by atoms with Crippen molar-refractivity contribution in [1.82, 2.24) is 40.0 Å². The lowest BCUT2D eigenvalue weighted by Gasteiger charge is -2.30. The Morgan fingerprint density at radius 2 is 1.52 bits per heavy atom. The molecule has 7 rings (SSSR count). The van der Waals surface area contributed by atoms with Crippen molar-refractivity contribution in [2.45, 2.75) is 58.8 Å². The SMILES string of the molecule is C=N/C(C(=O)O)=C(/CCCOc1ccc(C#CCN(C)C(=O)OCc2ccc(NC)cc2CN(C)Cc2cn(CCOCCOCCOCCOCCOCCOCCOCCOC)nn2)cc1F)SCN1CCCc2c1nnc(Nc1nc3ccccc3s1)c2C. The molecule has 1 amide bonds. The number of para-hydroxylation sites is 1. The summed E-state index contributed by atoms with van der Waals surface area (Å²) >= 11 is 2.89. The Morgan fingerprint density at radius 1 is 0.837 bits per heavy atom. The predicted octanol–water partition coefficient (Wildman–Crippen LogP) is 8.22. The molecule has 498 valence electrons. The van der Waals surface area contributed by atoms with Crippen LogP contribution in [0, 0.1) is 24.6 Å². The zero-order chi connectivity index (χ0) is 65.1. The van der Waals surface area contributed by atoms with Crippen molar-refractivity contribution >= 4 is 74.6 Å². The molecule has 25 nitrogen and oxygen atoms in total. The van der Waals surface area contributed by atoms with Crippen LogP contribution in [0.5, 0.6) is 5.75 Å². The van der Waals surface area contributed by atoms with Gasteiger partial charge in [0.1, 0.15) is 6.61 Å². The van der Waals surface area contributed by atoms with Gasteiger partial charge in [0.05, 0.1) is 141 Å². The van der Waals surface area contributed by atoms with E-state index in [1.807, 2.05) is 69.7 Å². The molecule has 3 N–H and O–H groups in total. The third-order valence-electron chi connectivity index (χ3n) is 14.0. The number of nitrogens with one attached hydrogen (secondary N) is 2. The van der Waals surface area contributed by atoms with Gasteiger partial charge in [0.2, 0.25) is 0 Å². The first-order valence-corrected chi connectivity index (χ1v) is 32.2. The molecule has 28 heteroatoms. The monoisotopic (exact) mass is 1310 g/mol. The van der Waals surface area contributed by atoms with Gasteiger partial charge in [0, 0.05) is 74.3 Å². The highest BCUT2D eigenvalue weighted by atomic mass is 32.2. The highest BCUT2D eigenvalue weighted by molar-refractivity contribution is 8.03. The first-order valence-electron chi connectivity index (χ1n) is 30.4. The number of thiazole rings is 1. The van der Waals surface area contributed by atoms with E-state index >= 15 is 4.39 Å². The molecule has 0 saturated carbocycles. The maximum atomic E-state index is 15.4. The number of carbonyl (C=O) groups is 2. The predicted molar refractivity (Wildman–Crippen MR) is 352 cm³/mol. The van der Waals surface area contributed by atoms with Gasteiger partial charge in [0.25, 0.3) is 0 Å². The second kappa shape index (κ2) is 40.6. The molecule has 0 atom stereocenters. The van der Waals surface area contributed by atoms with Crippen LogP contribution in [0.25, 0.3) is 10.2 Å². The number of benzene rings is 3. The van der Waals surface area contributed by atoms with Gasteiger partial charge in [-0.15, -0.1) is 27.1 Å². The summed E-state index contributed by atoms with van der Waals surface area (Å²) in [7, 11) is 7.04. The minimum absolute atomic E-state index is 0.0227. The number of anilines is 4. The minimum Gasteiger partial charge on any atom is -0.491 e. The summed E-state index contributed by atoms with van der Waals surface area (Å²) in [5.74, 6) is 5.85. The number of aromatic nitrogens is 6. The topological polar surface area (TPSA) is 262 Å². The molecular formula is C64H85FN12O13S2. The molecule has 0 aliphatic carbocycles. The molecule has 6 aromatic rings. The van der Waals surface area contributed by atoms with Crippen LogP contribution in [0.4, 0.5) is 31.6 Å². The van der Waals surface area contributed by atoms with Gasteiger partial charge in [-0.25, -0.2) is 23.6 Å². The minimum atomic E-state index is -1.19. The van der Waals surface area contributed by atoms with E-state index in [-0.39, 0.29) is 31.2 Å². The summed E-state index contributed by atoms with van der Waals surface area (Å²) in [5, 5.41) is 35.1. The first kappa shape index (κ1) is 72.0. The Kier molecular flexibility index (Phi) is 31.7. The lowest BCUT2D eigenvalue weighted by atomic mass is 10.0. The number of carboxylic acids is 1. The molecule has 1 aliphatic heterocycles. The van der Waals surface area contributed by atoms with Gasteiger partial charge >= 0.3 is 12.1 Å². The number of methoxy groups -OCH3 is 1. The van der Waals surface area contributed by atoms with Crippen molar-refractivity contribution in [2.75, 3.05) is 168 Å². The molecule has 0 unspecified atom stereocenters. The van der Waals surface area contributed by atoms with Gasteiger partial charge in [-0.05, 0) is 100.0 Å². The number of carboxylic acid groups (broad SMARTS) is 1. The largest absolute Gasteiger partial charge is 0.491 e. The van der Waals surface area contributed by atoms with E-state index in [2.05, 4.69) is 69.5 Å². The molecular weight excluding hydrogens is 1230 g/mol. The molecule has 0 radical (unpaired) electrons. The normalized spacial score (nSPS) is 12.4. The smallest absolute Gasteiger partial charge is 0.410 e. The molecule has 1 aliphatic rings. The zero-order valence-corrected chi connectivity index (χ0v) is 54.8. The number of fused-ring (bicyclic) bond motifs is 2. The van der Waals surface area contributed by atoms with E-state index in [0.717, 1.165) is 67.6 Å². The Bertz CT molecular complexity index is 3310. The number of amides is 1. The number of carbonyl (C=O) groups excluding carboxylic acids is 1. The fourth-order valence-corrected chi connectivity index (χ4v) is 11.2. The fourth-order valence-electron chi connectivity index (χ4n) is 9.23. The summed E-state index contributed by atoms with van der Waals surface area (Å²) in [6, 6.07) is 18.2. The number of rotatable bonds is 44. The number of ether oxygens (including phenoxy) is 10. The molecule has 4 heterocycles. The highest BCUT2D eigenvalue weighted by Gasteiger charge is 2.25. The van der Waals surface area contributed by atoms with Crippen molar-refractivity contribution in [1.29, 1.82) is 0 Å². The van der Waals surface area contributed by atoms with Crippen LogP contribution < -0.4 is 20.3 Å². The van der Waals surface area contributed by atoms with Crippen molar-refractivity contribution in [2.24, 2.45) is 4.99 Å². The number of allylic oxidation sites excluding steroid dienone is 1. The molecule has 0 spiro atoms. The summed E-state index contributed by atoms with van der Waals surface area (Å²) in [6.45, 7) is 15.4. The van der Waals surface area contributed by atoms with Gasteiger partial charge in [-0.2, -0.15) is 0 Å². The van der Waals surface area contributed by atoms with Crippen LogP contribution in [-0.4, -0.2) is 217 Å². The van der Waals surface area contributed by atoms with Gasteiger partial charge < -0.3 is 72.9 Å². The Hall–Kier alpha value is -7.40.